The first-order chi connectivity index (χ1) is 15.4. The second-order valence-corrected chi connectivity index (χ2v) is 7.66. The van der Waals surface area contributed by atoms with Crippen LogP contribution in [-0.4, -0.2) is 58.8 Å². The SMILES string of the molecule is CC(=O)N1CCN(Cc2ccc(C(=O)/C=C/c3cccc(/C=C/C(=O)NO)c3)cc2)CC1. The highest BCUT2D eigenvalue weighted by atomic mass is 16.5. The van der Waals surface area contributed by atoms with Gasteiger partial charge in [0.2, 0.25) is 5.91 Å². The zero-order valence-electron chi connectivity index (χ0n) is 18.0. The number of nitrogens with zero attached hydrogens (tertiary/aromatic N) is 2. The van der Waals surface area contributed by atoms with Gasteiger partial charge in [0, 0.05) is 51.3 Å². The number of carbonyl (C=O) groups is 3. The van der Waals surface area contributed by atoms with E-state index in [0.717, 1.165) is 49.4 Å². The number of piperazine rings is 1. The van der Waals surface area contributed by atoms with Gasteiger partial charge in [0.05, 0.1) is 0 Å². The Labute approximate surface area is 187 Å². The van der Waals surface area contributed by atoms with Crippen molar-refractivity contribution in [2.24, 2.45) is 0 Å². The molecule has 0 aliphatic carbocycles. The van der Waals surface area contributed by atoms with E-state index in [2.05, 4.69) is 4.90 Å². The summed E-state index contributed by atoms with van der Waals surface area (Å²) in [6, 6.07) is 14.9. The Morgan fingerprint density at radius 3 is 2.16 bits per heavy atom. The summed E-state index contributed by atoms with van der Waals surface area (Å²) >= 11 is 0. The first kappa shape index (κ1) is 23.1. The molecule has 1 aliphatic heterocycles. The van der Waals surface area contributed by atoms with Crippen LogP contribution in [0, 0.1) is 0 Å². The Hall–Kier alpha value is -3.55. The number of amides is 2. The van der Waals surface area contributed by atoms with Gasteiger partial charge in [-0.2, -0.15) is 0 Å². The first-order valence-electron chi connectivity index (χ1n) is 10.5. The van der Waals surface area contributed by atoms with Crippen LogP contribution in [0.4, 0.5) is 0 Å². The van der Waals surface area contributed by atoms with Gasteiger partial charge in [0.1, 0.15) is 0 Å². The van der Waals surface area contributed by atoms with Crippen LogP contribution in [0.25, 0.3) is 12.2 Å². The van der Waals surface area contributed by atoms with Gasteiger partial charge in [0.25, 0.3) is 5.91 Å². The fourth-order valence-corrected chi connectivity index (χ4v) is 3.50. The molecule has 2 aromatic rings. The molecule has 2 amide bonds. The van der Waals surface area contributed by atoms with E-state index in [0.29, 0.717) is 5.56 Å². The van der Waals surface area contributed by atoms with Crippen LogP contribution in [0.15, 0.2) is 60.7 Å². The predicted molar refractivity (Wildman–Crippen MR) is 123 cm³/mol. The molecule has 1 fully saturated rings. The molecule has 2 N–H and O–H groups in total. The summed E-state index contributed by atoms with van der Waals surface area (Å²) in [5, 5.41) is 8.53. The lowest BCUT2D eigenvalue weighted by Crippen LogP contribution is -2.47. The molecule has 3 rings (SSSR count). The highest BCUT2D eigenvalue weighted by Gasteiger charge is 2.18. The van der Waals surface area contributed by atoms with E-state index in [9.17, 15) is 14.4 Å². The lowest BCUT2D eigenvalue weighted by Gasteiger charge is -2.34. The zero-order valence-corrected chi connectivity index (χ0v) is 18.0. The highest BCUT2D eigenvalue weighted by Crippen LogP contribution is 2.13. The summed E-state index contributed by atoms with van der Waals surface area (Å²) in [5.41, 5.74) is 4.88. The smallest absolute Gasteiger partial charge is 0.267 e. The van der Waals surface area contributed by atoms with Crippen molar-refractivity contribution in [3.8, 4) is 0 Å². The lowest BCUT2D eigenvalue weighted by atomic mass is 10.1. The Balaban J connectivity index is 1.56. The van der Waals surface area contributed by atoms with Crippen LogP contribution in [-0.2, 0) is 16.1 Å². The molecule has 0 bridgehead atoms. The summed E-state index contributed by atoms with van der Waals surface area (Å²) in [4.78, 5) is 39.2. The zero-order chi connectivity index (χ0) is 22.9. The Kier molecular flexibility index (Phi) is 8.08. The van der Waals surface area contributed by atoms with E-state index in [-0.39, 0.29) is 11.7 Å². The lowest BCUT2D eigenvalue weighted by molar-refractivity contribution is -0.130. The standard InChI is InChI=1S/C25H27N3O4/c1-19(29)28-15-13-27(14-16-28)18-22-5-9-23(10-6-22)24(30)11-7-20-3-2-4-21(17-20)8-12-25(31)26-32/h2-12,17,32H,13-16,18H2,1H3,(H,26,31)/b11-7+,12-8+. The second kappa shape index (κ2) is 11.2. The molecule has 7 heteroatoms. The van der Waals surface area contributed by atoms with Crippen molar-refractivity contribution >= 4 is 29.7 Å². The maximum atomic E-state index is 12.5. The Bertz CT molecular complexity index is 1020. The van der Waals surface area contributed by atoms with Gasteiger partial charge in [-0.3, -0.25) is 24.5 Å². The number of ketones is 1. The molecule has 32 heavy (non-hydrogen) atoms. The van der Waals surface area contributed by atoms with Crippen LogP contribution in [0.5, 0.6) is 0 Å². The average Bonchev–Trinajstić information content (AvgIpc) is 2.82. The van der Waals surface area contributed by atoms with E-state index < -0.39 is 5.91 Å². The summed E-state index contributed by atoms with van der Waals surface area (Å²) in [7, 11) is 0. The molecule has 1 heterocycles. The quantitative estimate of drug-likeness (QED) is 0.303. The van der Waals surface area contributed by atoms with E-state index in [1.807, 2.05) is 53.4 Å². The molecule has 0 unspecified atom stereocenters. The highest BCUT2D eigenvalue weighted by molar-refractivity contribution is 6.06. The van der Waals surface area contributed by atoms with Gasteiger partial charge in [-0.25, -0.2) is 5.48 Å². The normalized spacial score (nSPS) is 14.8. The van der Waals surface area contributed by atoms with Crippen molar-refractivity contribution in [3.63, 3.8) is 0 Å². The molecular formula is C25H27N3O4. The van der Waals surface area contributed by atoms with E-state index in [1.165, 1.54) is 17.6 Å². The summed E-state index contributed by atoms with van der Waals surface area (Å²) in [6.45, 7) is 5.60. The van der Waals surface area contributed by atoms with E-state index in [4.69, 9.17) is 5.21 Å². The molecule has 0 spiro atoms. The van der Waals surface area contributed by atoms with Crippen LogP contribution < -0.4 is 5.48 Å². The van der Waals surface area contributed by atoms with Crippen molar-refractivity contribution in [2.75, 3.05) is 26.2 Å². The van der Waals surface area contributed by atoms with Crippen LogP contribution in [0.2, 0.25) is 0 Å². The molecule has 7 nitrogen and oxygen atoms in total. The van der Waals surface area contributed by atoms with Gasteiger partial charge >= 0.3 is 0 Å². The van der Waals surface area contributed by atoms with Crippen molar-refractivity contribution < 1.29 is 19.6 Å². The summed E-state index contributed by atoms with van der Waals surface area (Å²) < 4.78 is 0. The monoisotopic (exact) mass is 433 g/mol. The van der Waals surface area contributed by atoms with Crippen LogP contribution in [0.1, 0.15) is 34.0 Å². The van der Waals surface area contributed by atoms with Crippen molar-refractivity contribution in [3.05, 3.63) is 82.9 Å². The van der Waals surface area contributed by atoms with E-state index in [1.54, 1.807) is 19.1 Å². The molecule has 0 radical (unpaired) electrons. The number of allylic oxidation sites excluding steroid dienone is 1. The number of hydrogen-bond donors (Lipinski definition) is 2. The Morgan fingerprint density at radius 1 is 0.938 bits per heavy atom. The molecule has 166 valence electrons. The van der Waals surface area contributed by atoms with E-state index >= 15 is 0 Å². The van der Waals surface area contributed by atoms with Gasteiger partial charge in [-0.05, 0) is 34.9 Å². The number of nitrogens with one attached hydrogen (secondary N) is 1. The Morgan fingerprint density at radius 2 is 1.56 bits per heavy atom. The van der Waals surface area contributed by atoms with Crippen molar-refractivity contribution in [2.45, 2.75) is 13.5 Å². The summed E-state index contributed by atoms with van der Waals surface area (Å²) in [6.07, 6.45) is 6.05. The summed E-state index contributed by atoms with van der Waals surface area (Å²) in [5.74, 6) is -0.576. The molecule has 0 atom stereocenters. The van der Waals surface area contributed by atoms with Gasteiger partial charge < -0.3 is 4.90 Å². The molecule has 0 aromatic heterocycles. The molecule has 1 aliphatic rings. The number of benzene rings is 2. The van der Waals surface area contributed by atoms with Crippen LogP contribution in [0.3, 0.4) is 0 Å². The fraction of sp³-hybridized carbons (Fsp3) is 0.240. The van der Waals surface area contributed by atoms with Crippen molar-refractivity contribution in [1.82, 2.24) is 15.3 Å². The third-order valence-corrected chi connectivity index (χ3v) is 5.34. The maximum absolute atomic E-state index is 12.5. The molecule has 1 saturated heterocycles. The minimum atomic E-state index is -0.608. The van der Waals surface area contributed by atoms with Gasteiger partial charge in [0.15, 0.2) is 5.78 Å². The topological polar surface area (TPSA) is 90.0 Å². The molecule has 2 aromatic carbocycles. The largest absolute Gasteiger partial charge is 0.340 e. The minimum absolute atomic E-state index is 0.0905. The second-order valence-electron chi connectivity index (χ2n) is 7.66. The maximum Gasteiger partial charge on any atom is 0.267 e. The molecule has 0 saturated carbocycles. The number of hydrogen-bond acceptors (Lipinski definition) is 5. The predicted octanol–water partition coefficient (Wildman–Crippen LogP) is 2.77. The van der Waals surface area contributed by atoms with Crippen molar-refractivity contribution in [1.29, 1.82) is 0 Å². The van der Waals surface area contributed by atoms with Gasteiger partial charge in [-0.1, -0.05) is 48.5 Å². The molecular weight excluding hydrogens is 406 g/mol. The minimum Gasteiger partial charge on any atom is -0.340 e. The number of carbonyl (C=O) groups excluding carboxylic acids is 3. The average molecular weight is 434 g/mol. The van der Waals surface area contributed by atoms with Gasteiger partial charge in [-0.15, -0.1) is 0 Å². The first-order valence-corrected chi connectivity index (χ1v) is 10.5. The van der Waals surface area contributed by atoms with Crippen LogP contribution >= 0.6 is 0 Å². The fourth-order valence-electron chi connectivity index (χ4n) is 3.50. The third kappa shape index (κ3) is 6.73. The third-order valence-electron chi connectivity index (χ3n) is 5.34. The number of rotatable bonds is 7. The number of hydroxylamine groups is 1.